The Bertz CT molecular complexity index is 516. The molecule has 2 rings (SSSR count). The smallest absolute Gasteiger partial charge is 0.257 e. The summed E-state index contributed by atoms with van der Waals surface area (Å²) >= 11 is 0. The number of carbonyl (C=O) groups is 1. The van der Waals surface area contributed by atoms with Crippen molar-refractivity contribution < 1.29 is 14.4 Å². The number of para-hydroxylation sites is 2. The lowest BCUT2D eigenvalue weighted by Gasteiger charge is -2.20. The van der Waals surface area contributed by atoms with Gasteiger partial charge in [0.2, 0.25) is 0 Å². The van der Waals surface area contributed by atoms with E-state index in [4.69, 9.17) is 4.74 Å². The van der Waals surface area contributed by atoms with Gasteiger partial charge < -0.3 is 20.4 Å². The van der Waals surface area contributed by atoms with Gasteiger partial charge in [0.15, 0.2) is 0 Å². The number of quaternary nitrogens is 1. The van der Waals surface area contributed by atoms with Crippen molar-refractivity contribution in [3.05, 3.63) is 36.0 Å². The molecule has 1 aromatic rings. The highest BCUT2D eigenvalue weighted by Gasteiger charge is 2.11. The minimum Gasteiger partial charge on any atom is -0.495 e. The molecule has 1 atom stereocenters. The van der Waals surface area contributed by atoms with Crippen LogP contribution in [0.2, 0.25) is 0 Å². The number of hydrogen-bond acceptors (Lipinski definition) is 4. The van der Waals surface area contributed by atoms with Crippen LogP contribution in [-0.2, 0) is 4.79 Å². The number of carbonyl (C=O) groups excluding carboxylic acids is 1. The first kappa shape index (κ1) is 15.2. The first-order chi connectivity index (χ1) is 10.2. The van der Waals surface area contributed by atoms with Gasteiger partial charge in [0, 0.05) is 12.1 Å². The van der Waals surface area contributed by atoms with Gasteiger partial charge >= 0.3 is 0 Å². The van der Waals surface area contributed by atoms with E-state index in [0.29, 0.717) is 0 Å². The maximum atomic E-state index is 11.8. The summed E-state index contributed by atoms with van der Waals surface area (Å²) in [5.41, 5.74) is 7.57. The van der Waals surface area contributed by atoms with Crippen LogP contribution in [0.15, 0.2) is 36.0 Å². The number of amides is 1. The van der Waals surface area contributed by atoms with Gasteiger partial charge in [0.1, 0.15) is 5.75 Å². The number of nitrogens with one attached hydrogen (secondary N) is 4. The van der Waals surface area contributed by atoms with E-state index >= 15 is 0 Å². The van der Waals surface area contributed by atoms with E-state index in [9.17, 15) is 4.79 Å². The summed E-state index contributed by atoms with van der Waals surface area (Å²) in [7, 11) is 3.76. The number of hydrazine groups is 1. The molecule has 1 aliphatic rings. The maximum Gasteiger partial charge on any atom is 0.257 e. The fraction of sp³-hybridized carbons (Fsp3) is 0.400. The summed E-state index contributed by atoms with van der Waals surface area (Å²) in [6.07, 6.45) is 3.07. The Hall–Kier alpha value is -2.21. The molecule has 4 N–H and O–H groups in total. The number of likely N-dealkylation sites (N-methyl/N-ethyl adjacent to an activating group) is 1. The van der Waals surface area contributed by atoms with E-state index in [1.807, 2.05) is 24.3 Å². The highest BCUT2D eigenvalue weighted by Crippen LogP contribution is 2.22. The molecule has 0 saturated heterocycles. The lowest BCUT2D eigenvalue weighted by molar-refractivity contribution is -0.875. The van der Waals surface area contributed by atoms with Crippen LogP contribution >= 0.6 is 0 Å². The van der Waals surface area contributed by atoms with Crippen LogP contribution in [0.3, 0.4) is 0 Å². The van der Waals surface area contributed by atoms with E-state index in [2.05, 4.69) is 29.3 Å². The highest BCUT2D eigenvalue weighted by atomic mass is 16.5. The third kappa shape index (κ3) is 4.68. The molecule has 0 aromatic heterocycles. The minimum absolute atomic E-state index is 0.118. The molecule has 114 valence electrons. The molecule has 0 fully saturated rings. The van der Waals surface area contributed by atoms with Crippen molar-refractivity contribution >= 4 is 11.6 Å². The minimum atomic E-state index is -0.118. The second-order valence-corrected chi connectivity index (χ2v) is 5.12. The predicted octanol–water partition coefficient (Wildman–Crippen LogP) is -0.470. The van der Waals surface area contributed by atoms with Crippen molar-refractivity contribution in [1.82, 2.24) is 10.9 Å². The third-order valence-corrected chi connectivity index (χ3v) is 3.43. The number of benzene rings is 1. The summed E-state index contributed by atoms with van der Waals surface area (Å²) in [6, 6.07) is 7.51. The van der Waals surface area contributed by atoms with E-state index in [0.717, 1.165) is 36.6 Å². The van der Waals surface area contributed by atoms with Crippen LogP contribution in [0.25, 0.3) is 0 Å². The zero-order chi connectivity index (χ0) is 15.1. The summed E-state index contributed by atoms with van der Waals surface area (Å²) in [6.45, 7) is 2.25. The number of ether oxygens (including phenoxy) is 1. The van der Waals surface area contributed by atoms with E-state index in [1.165, 1.54) is 4.90 Å². The molecule has 0 spiro atoms. The highest BCUT2D eigenvalue weighted by molar-refractivity contribution is 5.81. The molecule has 1 heterocycles. The van der Waals surface area contributed by atoms with Crippen molar-refractivity contribution in [1.29, 1.82) is 0 Å². The first-order valence-electron chi connectivity index (χ1n) is 7.11. The van der Waals surface area contributed by atoms with Crippen LogP contribution in [0, 0.1) is 0 Å². The van der Waals surface area contributed by atoms with Gasteiger partial charge in [-0.05, 0) is 18.2 Å². The monoisotopic (exact) mass is 291 g/mol. The topological polar surface area (TPSA) is 66.8 Å². The van der Waals surface area contributed by atoms with Gasteiger partial charge in [-0.1, -0.05) is 12.1 Å². The normalized spacial score (nSPS) is 17.6. The Morgan fingerprint density at radius 3 is 2.90 bits per heavy atom. The van der Waals surface area contributed by atoms with Gasteiger partial charge in [-0.2, -0.15) is 0 Å². The Labute approximate surface area is 125 Å². The van der Waals surface area contributed by atoms with Gasteiger partial charge in [-0.15, -0.1) is 0 Å². The van der Waals surface area contributed by atoms with Crippen LogP contribution in [-0.4, -0.2) is 39.7 Å². The largest absolute Gasteiger partial charge is 0.495 e. The Morgan fingerprint density at radius 1 is 1.38 bits per heavy atom. The molecule has 0 radical (unpaired) electrons. The summed E-state index contributed by atoms with van der Waals surface area (Å²) in [5, 5.41) is 3.06. The molecule has 0 bridgehead atoms. The summed E-state index contributed by atoms with van der Waals surface area (Å²) in [4.78, 5) is 13.3. The molecule has 6 heteroatoms. The maximum absolute atomic E-state index is 11.8. The van der Waals surface area contributed by atoms with Gasteiger partial charge in [-0.3, -0.25) is 10.2 Å². The van der Waals surface area contributed by atoms with E-state index in [-0.39, 0.29) is 12.5 Å². The second-order valence-electron chi connectivity index (χ2n) is 5.12. The lowest BCUT2D eigenvalue weighted by Crippen LogP contribution is -3.09. The molecular formula is C15H23N4O2+. The number of hydrogen-bond donors (Lipinski definition) is 4. The zero-order valence-corrected chi connectivity index (χ0v) is 12.5. The van der Waals surface area contributed by atoms with Gasteiger partial charge in [0.05, 0.1) is 39.5 Å². The number of methoxy groups -OCH3 is 1. The summed E-state index contributed by atoms with van der Waals surface area (Å²) < 4.78 is 5.22. The summed E-state index contributed by atoms with van der Waals surface area (Å²) in [5.74, 6) is 0.604. The fourth-order valence-electron chi connectivity index (χ4n) is 2.12. The van der Waals surface area contributed by atoms with Crippen LogP contribution < -0.4 is 25.8 Å². The van der Waals surface area contributed by atoms with Crippen molar-refractivity contribution in [3.63, 3.8) is 0 Å². The second kappa shape index (κ2) is 7.54. The molecule has 0 aliphatic carbocycles. The Morgan fingerprint density at radius 2 is 2.19 bits per heavy atom. The number of anilines is 1. The van der Waals surface area contributed by atoms with E-state index in [1.54, 1.807) is 7.11 Å². The van der Waals surface area contributed by atoms with Crippen molar-refractivity contribution in [2.24, 2.45) is 0 Å². The Balaban J connectivity index is 1.75. The average Bonchev–Trinajstić information content (AvgIpc) is 2.52. The van der Waals surface area contributed by atoms with Gasteiger partial charge in [-0.25, -0.2) is 0 Å². The molecule has 1 aromatic carbocycles. The number of rotatable bonds is 6. The van der Waals surface area contributed by atoms with E-state index < -0.39 is 0 Å². The molecule has 1 unspecified atom stereocenters. The van der Waals surface area contributed by atoms with Crippen LogP contribution in [0.1, 0.15) is 6.42 Å². The standard InChI is InChI=1S/C15H22N4O2/c1-19-9-7-12(8-10-19)17-18-15(20)11-16-13-5-3-4-6-14(13)21-2/h3-7,16-17H,8-11H2,1-2H3,(H,18,20)/p+1. The molecule has 1 amide bonds. The lowest BCUT2D eigenvalue weighted by atomic mass is 10.2. The first-order valence-corrected chi connectivity index (χ1v) is 7.11. The quantitative estimate of drug-likeness (QED) is 0.535. The van der Waals surface area contributed by atoms with Crippen LogP contribution in [0.5, 0.6) is 5.75 Å². The molecule has 1 aliphatic heterocycles. The molecule has 0 saturated carbocycles. The SMILES string of the molecule is COc1ccccc1NCC(=O)NNC1=CC[NH+](C)CC1. The third-order valence-electron chi connectivity index (χ3n) is 3.43. The Kier molecular flexibility index (Phi) is 5.45. The molecule has 6 nitrogen and oxygen atoms in total. The van der Waals surface area contributed by atoms with Gasteiger partial charge in [0.25, 0.3) is 5.91 Å². The zero-order valence-electron chi connectivity index (χ0n) is 12.5. The fourth-order valence-corrected chi connectivity index (χ4v) is 2.12. The molecule has 21 heavy (non-hydrogen) atoms. The molecular weight excluding hydrogens is 268 g/mol. The average molecular weight is 291 g/mol. The van der Waals surface area contributed by atoms with Crippen molar-refractivity contribution in [2.75, 3.05) is 39.1 Å². The van der Waals surface area contributed by atoms with Crippen LogP contribution in [0.4, 0.5) is 5.69 Å². The predicted molar refractivity (Wildman–Crippen MR) is 82.1 cm³/mol. The van der Waals surface area contributed by atoms with Crippen molar-refractivity contribution in [3.8, 4) is 5.75 Å². The van der Waals surface area contributed by atoms with Crippen molar-refractivity contribution in [2.45, 2.75) is 6.42 Å².